The molecule has 0 spiro atoms. The number of carbonyl (C=O) groups is 1. The highest BCUT2D eigenvalue weighted by atomic mass is 16.5. The van der Waals surface area contributed by atoms with E-state index in [1.807, 2.05) is 25.4 Å². The topological polar surface area (TPSA) is 108 Å². The molecule has 182 valence electrons. The molecule has 1 aliphatic heterocycles. The largest absolute Gasteiger partial charge is 0.379 e. The van der Waals surface area contributed by atoms with Gasteiger partial charge in [0.25, 0.3) is 5.91 Å². The average molecular weight is 476 g/mol. The molecule has 1 saturated heterocycles. The van der Waals surface area contributed by atoms with Gasteiger partial charge in [0.2, 0.25) is 0 Å². The maximum Gasteiger partial charge on any atom is 0.257 e. The highest BCUT2D eigenvalue weighted by molar-refractivity contribution is 6.01. The van der Waals surface area contributed by atoms with Crippen molar-refractivity contribution in [1.82, 2.24) is 29.5 Å². The number of rotatable bonds is 6. The smallest absolute Gasteiger partial charge is 0.257 e. The van der Waals surface area contributed by atoms with Gasteiger partial charge in [-0.15, -0.1) is 0 Å². The lowest BCUT2D eigenvalue weighted by Gasteiger charge is -2.35. The molecule has 0 aromatic carbocycles. The minimum Gasteiger partial charge on any atom is -0.379 e. The van der Waals surface area contributed by atoms with Crippen molar-refractivity contribution in [3.05, 3.63) is 42.4 Å². The Kier molecular flexibility index (Phi) is 5.62. The molecule has 6 rings (SSSR count). The van der Waals surface area contributed by atoms with Gasteiger partial charge in [0.05, 0.1) is 36.7 Å². The molecule has 0 radical (unpaired) electrons. The second-order valence-electron chi connectivity index (χ2n) is 9.20. The van der Waals surface area contributed by atoms with Crippen LogP contribution < -0.4 is 10.6 Å². The Morgan fingerprint density at radius 2 is 2.17 bits per heavy atom. The first-order valence-corrected chi connectivity index (χ1v) is 12.1. The molecule has 2 N–H and O–H groups in total. The SMILES string of the molecule is CNc1cc(-c2cn([C@@H]3CCCOC3)c3ncccc23)nc2c(C(=O)N[C@@H]3CC[C@H]3OC)cnn12. The van der Waals surface area contributed by atoms with E-state index in [-0.39, 0.29) is 24.1 Å². The number of nitrogens with one attached hydrogen (secondary N) is 2. The number of hydrogen-bond acceptors (Lipinski definition) is 7. The third-order valence-corrected chi connectivity index (χ3v) is 7.20. The predicted octanol–water partition coefficient (Wildman–Crippen LogP) is 3.05. The molecule has 10 heteroatoms. The maximum absolute atomic E-state index is 13.1. The van der Waals surface area contributed by atoms with E-state index < -0.39 is 0 Å². The fourth-order valence-electron chi connectivity index (χ4n) is 5.11. The number of methoxy groups -OCH3 is 1. The van der Waals surface area contributed by atoms with E-state index in [1.165, 1.54) is 0 Å². The quantitative estimate of drug-likeness (QED) is 0.441. The zero-order chi connectivity index (χ0) is 23.9. The number of ether oxygens (including phenoxy) is 2. The first-order chi connectivity index (χ1) is 17.2. The molecule has 2 fully saturated rings. The first kappa shape index (κ1) is 22.0. The van der Waals surface area contributed by atoms with Crippen LogP contribution in [-0.2, 0) is 9.47 Å². The van der Waals surface area contributed by atoms with Crippen molar-refractivity contribution in [1.29, 1.82) is 0 Å². The third kappa shape index (κ3) is 3.73. The number of carbonyl (C=O) groups excluding carboxylic acids is 1. The van der Waals surface area contributed by atoms with E-state index in [0.29, 0.717) is 17.8 Å². The van der Waals surface area contributed by atoms with Gasteiger partial charge in [-0.05, 0) is 37.8 Å². The van der Waals surface area contributed by atoms with Gasteiger partial charge in [0.15, 0.2) is 5.65 Å². The van der Waals surface area contributed by atoms with E-state index >= 15 is 0 Å². The van der Waals surface area contributed by atoms with Crippen LogP contribution in [0.4, 0.5) is 5.82 Å². The van der Waals surface area contributed by atoms with Crippen molar-refractivity contribution in [2.75, 3.05) is 32.7 Å². The summed E-state index contributed by atoms with van der Waals surface area (Å²) in [7, 11) is 3.51. The minimum absolute atomic E-state index is 0.0103. The van der Waals surface area contributed by atoms with Gasteiger partial charge >= 0.3 is 0 Å². The molecule has 0 unspecified atom stereocenters. The Hall–Kier alpha value is -3.50. The molecule has 1 amide bonds. The van der Waals surface area contributed by atoms with Crippen LogP contribution in [0.2, 0.25) is 0 Å². The summed E-state index contributed by atoms with van der Waals surface area (Å²) in [6.45, 7) is 1.47. The van der Waals surface area contributed by atoms with E-state index in [0.717, 1.165) is 60.4 Å². The van der Waals surface area contributed by atoms with Crippen LogP contribution >= 0.6 is 0 Å². The van der Waals surface area contributed by atoms with Crippen LogP contribution in [0.25, 0.3) is 27.9 Å². The third-order valence-electron chi connectivity index (χ3n) is 7.20. The van der Waals surface area contributed by atoms with Crippen molar-refractivity contribution in [3.63, 3.8) is 0 Å². The summed E-state index contributed by atoms with van der Waals surface area (Å²) in [5, 5.41) is 11.7. The molecule has 0 bridgehead atoms. The molecule has 4 aromatic rings. The molecule has 2 aliphatic rings. The second kappa shape index (κ2) is 8.94. The number of fused-ring (bicyclic) bond motifs is 2. The van der Waals surface area contributed by atoms with Gasteiger partial charge in [0.1, 0.15) is 17.0 Å². The summed E-state index contributed by atoms with van der Waals surface area (Å²) in [5.74, 6) is 0.551. The molecule has 1 aliphatic carbocycles. The first-order valence-electron chi connectivity index (χ1n) is 12.1. The Morgan fingerprint density at radius 1 is 1.26 bits per heavy atom. The molecule has 5 heterocycles. The molecule has 10 nitrogen and oxygen atoms in total. The summed E-state index contributed by atoms with van der Waals surface area (Å²) in [4.78, 5) is 22.8. The average Bonchev–Trinajstić information content (AvgIpc) is 3.49. The second-order valence-corrected chi connectivity index (χ2v) is 9.20. The highest BCUT2D eigenvalue weighted by Crippen LogP contribution is 2.34. The molecule has 3 atom stereocenters. The number of pyridine rings is 1. The van der Waals surface area contributed by atoms with Crippen molar-refractivity contribution < 1.29 is 14.3 Å². The summed E-state index contributed by atoms with van der Waals surface area (Å²) in [6, 6.07) is 6.20. The summed E-state index contributed by atoms with van der Waals surface area (Å²) in [6.07, 6.45) is 9.49. The normalized spacial score (nSPS) is 22.3. The lowest BCUT2D eigenvalue weighted by Crippen LogP contribution is -2.51. The zero-order valence-corrected chi connectivity index (χ0v) is 19.9. The Balaban J connectivity index is 1.44. The van der Waals surface area contributed by atoms with Gasteiger partial charge in [-0.2, -0.15) is 9.61 Å². The lowest BCUT2D eigenvalue weighted by atomic mass is 9.89. The number of aromatic nitrogens is 5. The lowest BCUT2D eigenvalue weighted by molar-refractivity contribution is 0.00732. The standard InChI is InChI=1S/C25H29N7O3/c1-26-22-11-20(18-13-31(15-5-4-10-35-14-15)23-16(18)6-3-9-27-23)29-24-17(12-28-32(22)24)25(33)30-19-7-8-21(19)34-2/h3,6,9,11-13,15,19,21,26H,4-5,7-8,10,14H2,1-2H3,(H,30,33)/t15-,19-,21-/m1/s1. The van der Waals surface area contributed by atoms with Crippen molar-refractivity contribution in [2.45, 2.75) is 43.9 Å². The van der Waals surface area contributed by atoms with Crippen LogP contribution in [0.3, 0.4) is 0 Å². The van der Waals surface area contributed by atoms with Crippen LogP contribution in [0.1, 0.15) is 42.1 Å². The maximum atomic E-state index is 13.1. The number of nitrogens with zero attached hydrogens (tertiary/aromatic N) is 5. The van der Waals surface area contributed by atoms with Crippen molar-refractivity contribution >= 4 is 28.4 Å². The monoisotopic (exact) mass is 475 g/mol. The molecule has 35 heavy (non-hydrogen) atoms. The van der Waals surface area contributed by atoms with Gasteiger partial charge < -0.3 is 24.7 Å². The fraction of sp³-hybridized carbons (Fsp3) is 0.440. The Morgan fingerprint density at radius 3 is 2.91 bits per heavy atom. The van der Waals surface area contributed by atoms with Gasteiger partial charge in [-0.1, -0.05) is 0 Å². The van der Waals surface area contributed by atoms with Crippen molar-refractivity contribution in [2.24, 2.45) is 0 Å². The van der Waals surface area contributed by atoms with E-state index in [4.69, 9.17) is 14.5 Å². The van der Waals surface area contributed by atoms with E-state index in [2.05, 4.69) is 37.5 Å². The molecular formula is C25H29N7O3. The van der Waals surface area contributed by atoms with E-state index in [9.17, 15) is 4.79 Å². The summed E-state index contributed by atoms with van der Waals surface area (Å²) < 4.78 is 15.1. The van der Waals surface area contributed by atoms with Crippen LogP contribution in [-0.4, -0.2) is 69.6 Å². The fourth-order valence-corrected chi connectivity index (χ4v) is 5.11. The van der Waals surface area contributed by atoms with Crippen molar-refractivity contribution in [3.8, 4) is 11.3 Å². The van der Waals surface area contributed by atoms with E-state index in [1.54, 1.807) is 17.8 Å². The molecular weight excluding hydrogens is 446 g/mol. The molecule has 1 saturated carbocycles. The number of anilines is 1. The Labute approximate surface area is 202 Å². The number of amides is 1. The molecule has 4 aromatic heterocycles. The van der Waals surface area contributed by atoms with Crippen LogP contribution in [0.15, 0.2) is 36.8 Å². The number of hydrogen-bond donors (Lipinski definition) is 2. The zero-order valence-electron chi connectivity index (χ0n) is 19.9. The Bertz CT molecular complexity index is 1390. The van der Waals surface area contributed by atoms with Gasteiger partial charge in [-0.25, -0.2) is 9.97 Å². The minimum atomic E-state index is -0.193. The predicted molar refractivity (Wildman–Crippen MR) is 132 cm³/mol. The summed E-state index contributed by atoms with van der Waals surface area (Å²) in [5.41, 5.74) is 3.57. The van der Waals surface area contributed by atoms with Gasteiger partial charge in [0, 0.05) is 50.2 Å². The van der Waals surface area contributed by atoms with Crippen LogP contribution in [0, 0.1) is 0 Å². The van der Waals surface area contributed by atoms with Crippen LogP contribution in [0.5, 0.6) is 0 Å². The summed E-state index contributed by atoms with van der Waals surface area (Å²) >= 11 is 0. The highest BCUT2D eigenvalue weighted by Gasteiger charge is 2.33. The van der Waals surface area contributed by atoms with Gasteiger partial charge in [-0.3, -0.25) is 4.79 Å².